The number of carbonyl (C=O) groups excluding carboxylic acids is 1. The fraction of sp³-hybridized carbons (Fsp3) is 0.200. The van der Waals surface area contributed by atoms with Crippen LogP contribution < -0.4 is 16.6 Å². The molecule has 0 aromatic carbocycles. The van der Waals surface area contributed by atoms with Gasteiger partial charge in [-0.3, -0.25) is 10.1 Å². The van der Waals surface area contributed by atoms with E-state index in [4.69, 9.17) is 5.84 Å². The molecular formula is C10H11FN6OS. The van der Waals surface area contributed by atoms with Crippen LogP contribution in [-0.4, -0.2) is 21.1 Å². The van der Waals surface area contributed by atoms with Crippen molar-refractivity contribution in [2.75, 3.05) is 10.7 Å². The lowest BCUT2D eigenvalue weighted by molar-refractivity contribution is 0.102. The van der Waals surface area contributed by atoms with Crippen LogP contribution in [-0.2, 0) is 6.42 Å². The summed E-state index contributed by atoms with van der Waals surface area (Å²) in [5.41, 5.74) is 1.91. The van der Waals surface area contributed by atoms with Gasteiger partial charge in [-0.25, -0.2) is 15.2 Å². The van der Waals surface area contributed by atoms with E-state index in [1.165, 1.54) is 23.6 Å². The van der Waals surface area contributed by atoms with Crippen LogP contribution in [0.5, 0.6) is 0 Å². The van der Waals surface area contributed by atoms with Gasteiger partial charge in [0.05, 0.1) is 5.56 Å². The van der Waals surface area contributed by atoms with E-state index >= 15 is 0 Å². The predicted molar refractivity (Wildman–Crippen MR) is 69.2 cm³/mol. The van der Waals surface area contributed by atoms with Crippen LogP contribution in [0.1, 0.15) is 22.3 Å². The van der Waals surface area contributed by atoms with Crippen molar-refractivity contribution in [3.05, 3.63) is 28.7 Å². The zero-order valence-electron chi connectivity index (χ0n) is 9.98. The van der Waals surface area contributed by atoms with E-state index < -0.39 is 11.7 Å². The number of aryl methyl sites for hydroxylation is 1. The number of nitrogens with two attached hydrogens (primary N) is 1. The molecule has 100 valence electrons. The Bertz CT molecular complexity index is 601. The smallest absolute Gasteiger partial charge is 0.260 e. The third kappa shape index (κ3) is 2.83. The predicted octanol–water partition coefficient (Wildman–Crippen LogP) is 1.17. The summed E-state index contributed by atoms with van der Waals surface area (Å²) in [5.74, 6) is 3.45. The Morgan fingerprint density at radius 3 is 2.95 bits per heavy atom. The van der Waals surface area contributed by atoms with Crippen LogP contribution in [0.15, 0.2) is 12.3 Å². The first kappa shape index (κ1) is 13.3. The molecule has 19 heavy (non-hydrogen) atoms. The van der Waals surface area contributed by atoms with Gasteiger partial charge in [0, 0.05) is 6.20 Å². The Kier molecular flexibility index (Phi) is 3.97. The fourth-order valence-electron chi connectivity index (χ4n) is 1.33. The van der Waals surface area contributed by atoms with Crippen LogP contribution >= 0.6 is 11.3 Å². The SMILES string of the molecule is CCc1nnc(NC(=O)c2ccnc(NN)c2F)s1. The first-order valence-electron chi connectivity index (χ1n) is 5.40. The molecule has 0 spiro atoms. The number of rotatable bonds is 4. The molecule has 0 unspecified atom stereocenters. The molecule has 0 radical (unpaired) electrons. The third-order valence-electron chi connectivity index (χ3n) is 2.26. The zero-order valence-corrected chi connectivity index (χ0v) is 10.8. The molecule has 2 aromatic heterocycles. The molecule has 7 nitrogen and oxygen atoms in total. The molecule has 0 aliphatic heterocycles. The highest BCUT2D eigenvalue weighted by molar-refractivity contribution is 7.15. The molecule has 0 saturated heterocycles. The normalized spacial score (nSPS) is 10.3. The van der Waals surface area contributed by atoms with E-state index in [0.717, 1.165) is 11.4 Å². The Morgan fingerprint density at radius 1 is 1.53 bits per heavy atom. The maximum atomic E-state index is 13.8. The van der Waals surface area contributed by atoms with E-state index in [9.17, 15) is 9.18 Å². The highest BCUT2D eigenvalue weighted by Gasteiger charge is 2.17. The van der Waals surface area contributed by atoms with Crippen molar-refractivity contribution in [3.63, 3.8) is 0 Å². The van der Waals surface area contributed by atoms with Crippen LogP contribution in [0.4, 0.5) is 15.3 Å². The zero-order chi connectivity index (χ0) is 13.8. The molecule has 1 amide bonds. The van der Waals surface area contributed by atoms with Crippen molar-refractivity contribution in [2.45, 2.75) is 13.3 Å². The summed E-state index contributed by atoms with van der Waals surface area (Å²) in [6, 6.07) is 1.26. The van der Waals surface area contributed by atoms with E-state index in [1.807, 2.05) is 6.92 Å². The molecule has 0 bridgehead atoms. The highest BCUT2D eigenvalue weighted by atomic mass is 32.1. The summed E-state index contributed by atoms with van der Waals surface area (Å²) >= 11 is 1.24. The lowest BCUT2D eigenvalue weighted by Gasteiger charge is -2.05. The van der Waals surface area contributed by atoms with Gasteiger partial charge < -0.3 is 5.43 Å². The standard InChI is InChI=1S/C10H11FN6OS/c1-2-6-16-17-10(19-6)14-9(18)5-3-4-13-8(15-12)7(5)11/h3-4H,2,12H2,1H3,(H,13,15)(H,14,17,18). The average Bonchev–Trinajstić information content (AvgIpc) is 2.86. The number of halogens is 1. The molecular weight excluding hydrogens is 271 g/mol. The Hall–Kier alpha value is -2.13. The summed E-state index contributed by atoms with van der Waals surface area (Å²) in [6.07, 6.45) is 2.00. The number of hydrogen-bond donors (Lipinski definition) is 3. The number of hydrogen-bond acceptors (Lipinski definition) is 7. The van der Waals surface area contributed by atoms with Gasteiger partial charge in [0.2, 0.25) is 5.13 Å². The molecule has 2 heterocycles. The second kappa shape index (κ2) is 5.67. The first-order chi connectivity index (χ1) is 9.15. The first-order valence-corrected chi connectivity index (χ1v) is 6.22. The topological polar surface area (TPSA) is 106 Å². The monoisotopic (exact) mass is 282 g/mol. The minimum Gasteiger partial charge on any atom is -0.306 e. The Labute approximate surface area is 112 Å². The lowest BCUT2D eigenvalue weighted by atomic mass is 10.2. The lowest BCUT2D eigenvalue weighted by Crippen LogP contribution is -2.17. The van der Waals surface area contributed by atoms with Crippen LogP contribution in [0.2, 0.25) is 0 Å². The van der Waals surface area contributed by atoms with Crippen molar-refractivity contribution < 1.29 is 9.18 Å². The Morgan fingerprint density at radius 2 is 2.32 bits per heavy atom. The van der Waals surface area contributed by atoms with Crippen molar-refractivity contribution in [1.29, 1.82) is 0 Å². The molecule has 2 rings (SSSR count). The molecule has 0 aliphatic carbocycles. The second-order valence-electron chi connectivity index (χ2n) is 3.47. The van der Waals surface area contributed by atoms with Crippen molar-refractivity contribution in [1.82, 2.24) is 15.2 Å². The summed E-state index contributed by atoms with van der Waals surface area (Å²) in [4.78, 5) is 15.5. The third-order valence-corrected chi connectivity index (χ3v) is 3.24. The van der Waals surface area contributed by atoms with Gasteiger partial charge in [-0.2, -0.15) is 0 Å². The van der Waals surface area contributed by atoms with Gasteiger partial charge in [0.1, 0.15) is 5.01 Å². The highest BCUT2D eigenvalue weighted by Crippen LogP contribution is 2.19. The maximum absolute atomic E-state index is 13.8. The quantitative estimate of drug-likeness (QED) is 0.574. The van der Waals surface area contributed by atoms with Gasteiger partial charge in [-0.15, -0.1) is 10.2 Å². The molecule has 0 fully saturated rings. The molecule has 0 atom stereocenters. The van der Waals surface area contributed by atoms with E-state index in [0.29, 0.717) is 5.13 Å². The minimum absolute atomic E-state index is 0.170. The Balaban J connectivity index is 2.20. The van der Waals surface area contributed by atoms with Crippen LogP contribution in [0.25, 0.3) is 0 Å². The van der Waals surface area contributed by atoms with Crippen molar-refractivity contribution in [2.24, 2.45) is 5.84 Å². The maximum Gasteiger partial charge on any atom is 0.260 e. The number of nitrogen functional groups attached to an aromatic ring is 1. The second-order valence-corrected chi connectivity index (χ2v) is 4.54. The summed E-state index contributed by atoms with van der Waals surface area (Å²) in [6.45, 7) is 1.92. The average molecular weight is 282 g/mol. The van der Waals surface area contributed by atoms with Gasteiger partial charge in [0.25, 0.3) is 5.91 Å². The fourth-order valence-corrected chi connectivity index (χ4v) is 2.01. The largest absolute Gasteiger partial charge is 0.306 e. The van der Waals surface area contributed by atoms with Crippen molar-refractivity contribution in [3.8, 4) is 0 Å². The van der Waals surface area contributed by atoms with Crippen LogP contribution in [0, 0.1) is 5.82 Å². The number of amides is 1. The number of pyridine rings is 1. The molecule has 4 N–H and O–H groups in total. The van der Waals surface area contributed by atoms with Gasteiger partial charge in [-0.1, -0.05) is 18.3 Å². The van der Waals surface area contributed by atoms with E-state index in [-0.39, 0.29) is 11.4 Å². The van der Waals surface area contributed by atoms with Crippen LogP contribution in [0.3, 0.4) is 0 Å². The summed E-state index contributed by atoms with van der Waals surface area (Å²) in [7, 11) is 0. The van der Waals surface area contributed by atoms with E-state index in [1.54, 1.807) is 0 Å². The van der Waals surface area contributed by atoms with Gasteiger partial charge >= 0.3 is 0 Å². The summed E-state index contributed by atoms with van der Waals surface area (Å²) < 4.78 is 13.8. The van der Waals surface area contributed by atoms with E-state index in [2.05, 4.69) is 25.9 Å². The number of nitrogens with one attached hydrogen (secondary N) is 2. The number of anilines is 2. The molecule has 9 heteroatoms. The molecule has 0 saturated carbocycles. The van der Waals surface area contributed by atoms with Crippen molar-refractivity contribution >= 4 is 28.2 Å². The minimum atomic E-state index is -0.817. The number of nitrogens with zero attached hydrogens (tertiary/aromatic N) is 3. The summed E-state index contributed by atoms with van der Waals surface area (Å²) in [5, 5.41) is 11.2. The molecule has 0 aliphatic rings. The molecule has 2 aromatic rings. The number of hydrazine groups is 1. The van der Waals surface area contributed by atoms with Gasteiger partial charge in [-0.05, 0) is 12.5 Å². The van der Waals surface area contributed by atoms with Gasteiger partial charge in [0.15, 0.2) is 11.6 Å². The number of aromatic nitrogens is 3. The number of carbonyl (C=O) groups is 1.